The zero-order chi connectivity index (χ0) is 16.0. The Labute approximate surface area is 130 Å². The number of nitrogens with one attached hydrogen (secondary N) is 1. The van der Waals surface area contributed by atoms with Gasteiger partial charge in [0.1, 0.15) is 5.75 Å². The van der Waals surface area contributed by atoms with Crippen molar-refractivity contribution in [2.45, 2.75) is 18.9 Å². The second-order valence-corrected chi connectivity index (χ2v) is 6.98. The predicted molar refractivity (Wildman–Crippen MR) is 88.3 cm³/mol. The van der Waals surface area contributed by atoms with Crippen LogP contribution in [-0.4, -0.2) is 25.3 Å². The lowest BCUT2D eigenvalue weighted by molar-refractivity contribution is 0.475. The van der Waals surface area contributed by atoms with Crippen molar-refractivity contribution in [2.75, 3.05) is 10.5 Å². The summed E-state index contributed by atoms with van der Waals surface area (Å²) in [5.74, 6) is -0.0525. The Kier molecular flexibility index (Phi) is 5.41. The summed E-state index contributed by atoms with van der Waals surface area (Å²) in [6.45, 7) is 0. The van der Waals surface area contributed by atoms with E-state index >= 15 is 0 Å². The van der Waals surface area contributed by atoms with Gasteiger partial charge in [0, 0.05) is 11.7 Å². The van der Waals surface area contributed by atoms with Crippen molar-refractivity contribution in [1.82, 2.24) is 0 Å². The minimum Gasteiger partial charge on any atom is -0.508 e. The summed E-state index contributed by atoms with van der Waals surface area (Å²) >= 11 is 0. The molecule has 1 atom stereocenters. The summed E-state index contributed by atoms with van der Waals surface area (Å²) in [7, 11) is -3.51. The third kappa shape index (κ3) is 5.38. The summed E-state index contributed by atoms with van der Waals surface area (Å²) in [6, 6.07) is 15.2. The van der Waals surface area contributed by atoms with E-state index in [4.69, 9.17) is 5.73 Å². The minimum absolute atomic E-state index is 0.0857. The summed E-state index contributed by atoms with van der Waals surface area (Å²) in [6.07, 6.45) is 1.34. The molecule has 6 heteroatoms. The van der Waals surface area contributed by atoms with Crippen LogP contribution in [0.3, 0.4) is 0 Å². The highest BCUT2D eigenvalue weighted by atomic mass is 32.2. The average molecular weight is 320 g/mol. The molecule has 0 amide bonds. The van der Waals surface area contributed by atoms with E-state index < -0.39 is 16.1 Å². The number of aryl methyl sites for hydroxylation is 1. The number of phenolic OH excluding ortho intramolecular Hbond substituents is 1. The first-order chi connectivity index (χ1) is 10.4. The summed E-state index contributed by atoms with van der Waals surface area (Å²) < 4.78 is 26.6. The fraction of sp³-hybridized carbons (Fsp3) is 0.250. The highest BCUT2D eigenvalue weighted by Gasteiger charge is 2.16. The standard InChI is InChI=1S/C16H20N2O3S/c17-14(7-6-13-4-2-1-3-5-13)12-22(20,21)18-15-8-10-16(19)11-9-15/h1-5,8-11,14,18-19H,6-7,12,17H2/t14-/m0/s1. The molecule has 118 valence electrons. The van der Waals surface area contributed by atoms with Crippen molar-refractivity contribution in [3.05, 3.63) is 60.2 Å². The van der Waals surface area contributed by atoms with Crippen LogP contribution in [-0.2, 0) is 16.4 Å². The van der Waals surface area contributed by atoms with Crippen LogP contribution >= 0.6 is 0 Å². The molecule has 0 fully saturated rings. The Hall–Kier alpha value is -2.05. The highest BCUT2D eigenvalue weighted by Crippen LogP contribution is 2.15. The van der Waals surface area contributed by atoms with Crippen molar-refractivity contribution >= 4 is 15.7 Å². The van der Waals surface area contributed by atoms with Crippen LogP contribution in [0.5, 0.6) is 5.75 Å². The van der Waals surface area contributed by atoms with Gasteiger partial charge in [-0.3, -0.25) is 4.72 Å². The van der Waals surface area contributed by atoms with Gasteiger partial charge in [-0.15, -0.1) is 0 Å². The van der Waals surface area contributed by atoms with Crippen LogP contribution in [0.1, 0.15) is 12.0 Å². The molecule has 0 saturated carbocycles. The fourth-order valence-electron chi connectivity index (χ4n) is 2.11. The van der Waals surface area contributed by atoms with Crippen LogP contribution in [0, 0.1) is 0 Å². The fourth-order valence-corrected chi connectivity index (χ4v) is 3.42. The van der Waals surface area contributed by atoms with Crippen LogP contribution in [0.25, 0.3) is 0 Å². The SMILES string of the molecule is N[C@@H](CCc1ccccc1)CS(=O)(=O)Nc1ccc(O)cc1. The van der Waals surface area contributed by atoms with Gasteiger partial charge in [-0.25, -0.2) is 8.42 Å². The third-order valence-corrected chi connectivity index (χ3v) is 4.63. The molecule has 0 radical (unpaired) electrons. The number of phenols is 1. The van der Waals surface area contributed by atoms with Crippen molar-refractivity contribution in [3.8, 4) is 5.75 Å². The van der Waals surface area contributed by atoms with Gasteiger partial charge in [0.15, 0.2) is 0 Å². The lowest BCUT2D eigenvalue weighted by Gasteiger charge is -2.13. The Morgan fingerprint density at radius 2 is 1.68 bits per heavy atom. The number of nitrogens with two attached hydrogens (primary N) is 1. The molecule has 2 aromatic rings. The molecule has 22 heavy (non-hydrogen) atoms. The zero-order valence-electron chi connectivity index (χ0n) is 12.1. The molecule has 2 aromatic carbocycles. The van der Waals surface area contributed by atoms with E-state index in [9.17, 15) is 13.5 Å². The van der Waals surface area contributed by atoms with Gasteiger partial charge in [0.25, 0.3) is 0 Å². The van der Waals surface area contributed by atoms with Crippen LogP contribution in [0.4, 0.5) is 5.69 Å². The van der Waals surface area contributed by atoms with E-state index in [0.29, 0.717) is 12.1 Å². The quantitative estimate of drug-likeness (QED) is 0.681. The molecule has 0 saturated heterocycles. The van der Waals surface area contributed by atoms with Crippen LogP contribution in [0.2, 0.25) is 0 Å². The number of aromatic hydroxyl groups is 1. The molecule has 0 aromatic heterocycles. The van der Waals surface area contributed by atoms with Gasteiger partial charge in [-0.2, -0.15) is 0 Å². The number of benzene rings is 2. The van der Waals surface area contributed by atoms with Gasteiger partial charge in [0.05, 0.1) is 5.75 Å². The first-order valence-corrected chi connectivity index (χ1v) is 8.69. The molecule has 5 nitrogen and oxygen atoms in total. The van der Waals surface area contributed by atoms with E-state index in [-0.39, 0.29) is 11.5 Å². The van der Waals surface area contributed by atoms with Crippen molar-refractivity contribution in [3.63, 3.8) is 0 Å². The number of anilines is 1. The second kappa shape index (κ2) is 7.29. The smallest absolute Gasteiger partial charge is 0.234 e. The number of sulfonamides is 1. The van der Waals surface area contributed by atoms with E-state index in [1.54, 1.807) is 0 Å². The molecule has 0 aliphatic carbocycles. The minimum atomic E-state index is -3.51. The van der Waals surface area contributed by atoms with Crippen LogP contribution < -0.4 is 10.5 Å². The second-order valence-electron chi connectivity index (χ2n) is 5.21. The third-order valence-electron chi connectivity index (χ3n) is 3.22. The normalized spacial score (nSPS) is 12.8. The molecule has 0 aliphatic rings. The van der Waals surface area contributed by atoms with Gasteiger partial charge >= 0.3 is 0 Å². The van der Waals surface area contributed by atoms with E-state index in [2.05, 4.69) is 4.72 Å². The van der Waals surface area contributed by atoms with Crippen molar-refractivity contribution in [1.29, 1.82) is 0 Å². The Balaban J connectivity index is 1.86. The monoisotopic (exact) mass is 320 g/mol. The number of hydrogen-bond acceptors (Lipinski definition) is 4. The molecule has 0 bridgehead atoms. The molecule has 0 heterocycles. The lowest BCUT2D eigenvalue weighted by atomic mass is 10.1. The Bertz CT molecular complexity index is 685. The predicted octanol–water partition coefficient (Wildman–Crippen LogP) is 2.09. The number of rotatable bonds is 7. The molecular formula is C16H20N2O3S. The molecular weight excluding hydrogens is 300 g/mol. The summed E-state index contributed by atoms with van der Waals surface area (Å²) in [5, 5.41) is 9.18. The lowest BCUT2D eigenvalue weighted by Crippen LogP contribution is -2.33. The number of hydrogen-bond donors (Lipinski definition) is 3. The Morgan fingerprint density at radius 1 is 1.05 bits per heavy atom. The van der Waals surface area contributed by atoms with E-state index in [1.165, 1.54) is 24.3 Å². The molecule has 0 spiro atoms. The molecule has 0 unspecified atom stereocenters. The van der Waals surface area contributed by atoms with Gasteiger partial charge in [0.2, 0.25) is 10.0 Å². The van der Waals surface area contributed by atoms with Gasteiger partial charge < -0.3 is 10.8 Å². The average Bonchev–Trinajstić information content (AvgIpc) is 2.48. The zero-order valence-corrected chi connectivity index (χ0v) is 13.0. The van der Waals surface area contributed by atoms with E-state index in [0.717, 1.165) is 12.0 Å². The summed E-state index contributed by atoms with van der Waals surface area (Å²) in [5.41, 5.74) is 7.48. The molecule has 2 rings (SSSR count). The van der Waals surface area contributed by atoms with E-state index in [1.807, 2.05) is 30.3 Å². The van der Waals surface area contributed by atoms with Crippen molar-refractivity contribution in [2.24, 2.45) is 5.73 Å². The topological polar surface area (TPSA) is 92.4 Å². The maximum absolute atomic E-state index is 12.1. The van der Waals surface area contributed by atoms with Crippen molar-refractivity contribution < 1.29 is 13.5 Å². The summed E-state index contributed by atoms with van der Waals surface area (Å²) in [4.78, 5) is 0. The first-order valence-electron chi connectivity index (χ1n) is 7.04. The van der Waals surface area contributed by atoms with Gasteiger partial charge in [-0.1, -0.05) is 30.3 Å². The largest absolute Gasteiger partial charge is 0.508 e. The van der Waals surface area contributed by atoms with Gasteiger partial charge in [-0.05, 0) is 42.7 Å². The maximum Gasteiger partial charge on any atom is 0.234 e. The Morgan fingerprint density at radius 3 is 2.32 bits per heavy atom. The van der Waals surface area contributed by atoms with Crippen LogP contribution in [0.15, 0.2) is 54.6 Å². The molecule has 4 N–H and O–H groups in total. The maximum atomic E-state index is 12.1. The highest BCUT2D eigenvalue weighted by molar-refractivity contribution is 7.92. The molecule has 0 aliphatic heterocycles. The first kappa shape index (κ1) is 16.3.